The van der Waals surface area contributed by atoms with Gasteiger partial charge in [0.25, 0.3) is 0 Å². The maximum absolute atomic E-state index is 5.33. The lowest BCUT2D eigenvalue weighted by Gasteiger charge is -2.28. The molecule has 0 spiro atoms. The molecule has 0 saturated carbocycles. The molecule has 0 amide bonds. The summed E-state index contributed by atoms with van der Waals surface area (Å²) < 4.78 is 5.23. The van der Waals surface area contributed by atoms with E-state index in [0.717, 1.165) is 39.2 Å². The quantitative estimate of drug-likeness (QED) is 0.159. The van der Waals surface area contributed by atoms with Crippen molar-refractivity contribution in [2.75, 3.05) is 0 Å². The first-order chi connectivity index (χ1) is 34.5. The first kappa shape index (κ1) is 40.8. The van der Waals surface area contributed by atoms with Gasteiger partial charge in [-0.25, -0.2) is 9.97 Å². The fourth-order valence-electron chi connectivity index (χ4n) is 11.0. The minimum atomic E-state index is -0.324. The van der Waals surface area contributed by atoms with Crippen LogP contribution < -0.4 is 0 Å². The number of hydrogen-bond donors (Lipinski definition) is 0. The van der Waals surface area contributed by atoms with Crippen molar-refractivity contribution in [3.63, 3.8) is 0 Å². The van der Waals surface area contributed by atoms with Crippen molar-refractivity contribution >= 4 is 63.0 Å². The maximum atomic E-state index is 5.33. The Morgan fingerprint density at radius 2 is 0.757 bits per heavy atom. The molecule has 3 aromatic heterocycles. The molecule has 1 atom stereocenters. The third-order valence-electron chi connectivity index (χ3n) is 14.6. The second-order valence-electron chi connectivity index (χ2n) is 18.6. The zero-order valence-corrected chi connectivity index (χ0v) is 39.9. The van der Waals surface area contributed by atoms with E-state index in [9.17, 15) is 0 Å². The summed E-state index contributed by atoms with van der Waals surface area (Å²) in [5, 5.41) is 5.20. The normalized spacial score (nSPS) is 14.1. The highest BCUT2D eigenvalue weighted by molar-refractivity contribution is 7.26. The van der Waals surface area contributed by atoms with Gasteiger partial charge in [-0.3, -0.25) is 0 Å². The van der Waals surface area contributed by atoms with Crippen LogP contribution in [0.1, 0.15) is 23.6 Å². The van der Waals surface area contributed by atoms with Gasteiger partial charge in [0.2, 0.25) is 0 Å². The molecule has 14 rings (SSSR count). The van der Waals surface area contributed by atoms with Crippen molar-refractivity contribution in [1.82, 2.24) is 9.97 Å². The van der Waals surface area contributed by atoms with Gasteiger partial charge in [-0.1, -0.05) is 164 Å². The zero-order valence-electron chi connectivity index (χ0n) is 38.2. The van der Waals surface area contributed by atoms with Crippen molar-refractivity contribution in [1.29, 1.82) is 0 Å². The molecule has 70 heavy (non-hydrogen) atoms. The van der Waals surface area contributed by atoms with Crippen LogP contribution in [0.3, 0.4) is 0 Å². The number of fused-ring (bicyclic) bond motifs is 9. The van der Waals surface area contributed by atoms with Crippen LogP contribution >= 0.6 is 22.7 Å². The predicted molar refractivity (Wildman–Crippen MR) is 298 cm³/mol. The highest BCUT2D eigenvalue weighted by Gasteiger charge is 2.40. The Labute approximate surface area is 414 Å². The Morgan fingerprint density at radius 1 is 0.300 bits per heavy atom. The van der Waals surface area contributed by atoms with E-state index >= 15 is 0 Å². The van der Waals surface area contributed by atoms with Gasteiger partial charge in [0.15, 0.2) is 5.82 Å². The Balaban J connectivity index is 0.925. The Bertz CT molecular complexity index is 4070. The number of nitrogens with zero attached hydrogens (tertiary/aromatic N) is 2. The molecule has 0 N–H and O–H groups in total. The van der Waals surface area contributed by atoms with Crippen LogP contribution in [0.2, 0.25) is 0 Å². The molecule has 2 nitrogen and oxygen atoms in total. The fraction of sp³-hybridized carbons (Fsp3) is 0.0303. The van der Waals surface area contributed by atoms with Crippen LogP contribution in [0.5, 0.6) is 0 Å². The van der Waals surface area contributed by atoms with Crippen LogP contribution in [0.25, 0.3) is 119 Å². The van der Waals surface area contributed by atoms with Crippen LogP contribution in [0.15, 0.2) is 237 Å². The molecule has 328 valence electrons. The maximum Gasteiger partial charge on any atom is 0.160 e. The van der Waals surface area contributed by atoms with E-state index in [1.54, 1.807) is 0 Å². The van der Waals surface area contributed by atoms with E-state index in [-0.39, 0.29) is 5.41 Å². The summed E-state index contributed by atoms with van der Waals surface area (Å²) in [6.45, 7) is 2.37. The lowest BCUT2D eigenvalue weighted by Crippen LogP contribution is -2.22. The van der Waals surface area contributed by atoms with E-state index in [0.29, 0.717) is 5.82 Å². The molecule has 0 bridgehead atoms. The van der Waals surface area contributed by atoms with Gasteiger partial charge in [-0.15, -0.1) is 22.7 Å². The summed E-state index contributed by atoms with van der Waals surface area (Å²) >= 11 is 3.72. The average molecular weight is 927 g/mol. The molecule has 0 saturated heterocycles. The summed E-state index contributed by atoms with van der Waals surface area (Å²) in [5.74, 6) is 0.699. The standard InChI is InChI=1S/C66H42N2S2/c1-66(50-19-6-3-7-20-50)57-24-11-8-21-51(57)52-30-27-46(39-58(52)66)60-40-59(67-65(68-60)41-15-4-2-5-16-41)45-18-14-17-42(33-45)47-34-48(43-28-31-63-55(37-43)53-22-9-12-25-61(53)69-63)36-49(35-47)44-29-32-64-56(38-44)54-23-10-13-26-62(54)70-64/h2-40H,1H3. The summed E-state index contributed by atoms with van der Waals surface area (Å²) in [7, 11) is 0. The lowest BCUT2D eigenvalue weighted by molar-refractivity contribution is 0.714. The smallest absolute Gasteiger partial charge is 0.160 e. The topological polar surface area (TPSA) is 25.8 Å². The Morgan fingerprint density at radius 3 is 1.40 bits per heavy atom. The molecule has 13 aromatic rings. The highest BCUT2D eigenvalue weighted by atomic mass is 32.1. The minimum absolute atomic E-state index is 0.324. The molecular formula is C66H42N2S2. The molecule has 1 unspecified atom stereocenters. The minimum Gasteiger partial charge on any atom is -0.228 e. The monoisotopic (exact) mass is 926 g/mol. The molecule has 0 aliphatic heterocycles. The number of hydrogen-bond acceptors (Lipinski definition) is 4. The predicted octanol–water partition coefficient (Wildman–Crippen LogP) is 18.5. The van der Waals surface area contributed by atoms with Gasteiger partial charge < -0.3 is 0 Å². The van der Waals surface area contributed by atoms with Gasteiger partial charge in [-0.05, 0) is 141 Å². The van der Waals surface area contributed by atoms with Crippen molar-refractivity contribution in [3.8, 4) is 78.4 Å². The van der Waals surface area contributed by atoms with Gasteiger partial charge in [-0.2, -0.15) is 0 Å². The summed E-state index contributed by atoms with van der Waals surface area (Å²) in [6, 6.07) is 86.7. The number of thiophene rings is 2. The van der Waals surface area contributed by atoms with Crippen molar-refractivity contribution in [2.45, 2.75) is 12.3 Å². The van der Waals surface area contributed by atoms with Gasteiger partial charge >= 0.3 is 0 Å². The third-order valence-corrected chi connectivity index (χ3v) is 16.9. The van der Waals surface area contributed by atoms with Gasteiger partial charge in [0, 0.05) is 62.4 Å². The molecule has 4 heteroatoms. The van der Waals surface area contributed by atoms with Gasteiger partial charge in [0.1, 0.15) is 0 Å². The van der Waals surface area contributed by atoms with E-state index < -0.39 is 0 Å². The fourth-order valence-corrected chi connectivity index (χ4v) is 13.2. The largest absolute Gasteiger partial charge is 0.228 e. The van der Waals surface area contributed by atoms with Crippen molar-refractivity contribution in [3.05, 3.63) is 253 Å². The summed E-state index contributed by atoms with van der Waals surface area (Å²) in [4.78, 5) is 10.7. The second-order valence-corrected chi connectivity index (χ2v) is 20.8. The Hall–Kier alpha value is -8.28. The molecule has 0 fully saturated rings. The summed E-state index contributed by atoms with van der Waals surface area (Å²) in [5.41, 5.74) is 18.0. The van der Waals surface area contributed by atoms with Crippen LogP contribution in [0.4, 0.5) is 0 Å². The van der Waals surface area contributed by atoms with Crippen LogP contribution in [0, 0.1) is 0 Å². The van der Waals surface area contributed by atoms with Crippen LogP contribution in [-0.4, -0.2) is 9.97 Å². The zero-order chi connectivity index (χ0) is 46.3. The molecule has 1 aliphatic carbocycles. The first-order valence-electron chi connectivity index (χ1n) is 23.9. The van der Waals surface area contributed by atoms with E-state index in [1.165, 1.54) is 90.4 Å². The average Bonchev–Trinajstić information content (AvgIpc) is 4.08. The highest BCUT2D eigenvalue weighted by Crippen LogP contribution is 2.53. The van der Waals surface area contributed by atoms with Crippen LogP contribution in [-0.2, 0) is 5.41 Å². The third kappa shape index (κ3) is 6.67. The molecular weight excluding hydrogens is 885 g/mol. The van der Waals surface area contributed by atoms with Gasteiger partial charge in [0.05, 0.1) is 11.4 Å². The molecule has 10 aromatic carbocycles. The first-order valence-corrected chi connectivity index (χ1v) is 25.5. The Kier molecular flexibility index (Phi) is 9.42. The number of aromatic nitrogens is 2. The van der Waals surface area contributed by atoms with E-state index in [2.05, 4.69) is 237 Å². The molecule has 1 aliphatic rings. The molecule has 0 radical (unpaired) electrons. The second kappa shape index (κ2) is 16.2. The van der Waals surface area contributed by atoms with E-state index in [1.807, 2.05) is 28.7 Å². The summed E-state index contributed by atoms with van der Waals surface area (Å²) in [6.07, 6.45) is 0. The van der Waals surface area contributed by atoms with Crippen molar-refractivity contribution in [2.24, 2.45) is 0 Å². The SMILES string of the molecule is CC1(c2ccccc2)c2ccccc2-c2ccc(-c3cc(-c4cccc(-c5cc(-c6ccc7sc8ccccc8c7c6)cc(-c6ccc7sc8ccccc8c7c6)c5)c4)nc(-c4ccccc4)n3)cc21. The van der Waals surface area contributed by atoms with Crippen molar-refractivity contribution < 1.29 is 0 Å². The number of benzene rings is 10. The van der Waals surface area contributed by atoms with E-state index in [4.69, 9.17) is 9.97 Å². The lowest BCUT2D eigenvalue weighted by atomic mass is 9.74. The molecule has 3 heterocycles. The number of rotatable bonds is 7.